The molecular formula is C18H26N4O. The third kappa shape index (κ3) is 5.33. The largest absolute Gasteiger partial charge is 0.372 e. The third-order valence-corrected chi connectivity index (χ3v) is 3.50. The van der Waals surface area contributed by atoms with Crippen LogP contribution in [0.3, 0.4) is 0 Å². The number of hydrogen-bond acceptors (Lipinski definition) is 4. The normalized spacial score (nSPS) is 11.1. The zero-order valence-corrected chi connectivity index (χ0v) is 14.6. The van der Waals surface area contributed by atoms with Crippen LogP contribution in [0.2, 0.25) is 0 Å². The molecule has 0 bridgehead atoms. The highest BCUT2D eigenvalue weighted by molar-refractivity contribution is 5.97. The number of carbonyl (C=O) groups is 1. The fourth-order valence-corrected chi connectivity index (χ4v) is 2.23. The Morgan fingerprint density at radius 1 is 1.35 bits per heavy atom. The Hall–Kier alpha value is -2.48. The molecule has 0 heterocycles. The lowest BCUT2D eigenvalue weighted by Crippen LogP contribution is -2.31. The second-order valence-corrected chi connectivity index (χ2v) is 5.61. The first-order valence-corrected chi connectivity index (χ1v) is 7.96. The van der Waals surface area contributed by atoms with E-state index in [1.54, 1.807) is 0 Å². The van der Waals surface area contributed by atoms with Gasteiger partial charge in [0, 0.05) is 36.7 Å². The average molecular weight is 314 g/mol. The Morgan fingerprint density at radius 2 is 2.00 bits per heavy atom. The molecule has 1 amide bonds. The van der Waals surface area contributed by atoms with Crippen molar-refractivity contribution < 1.29 is 4.79 Å². The van der Waals surface area contributed by atoms with Gasteiger partial charge in [0.1, 0.15) is 11.6 Å². The summed E-state index contributed by atoms with van der Waals surface area (Å²) in [6, 6.07) is 8.02. The number of nitrogens with zero attached hydrogens (tertiary/aromatic N) is 2. The summed E-state index contributed by atoms with van der Waals surface area (Å²) in [7, 11) is 0. The Morgan fingerprint density at radius 3 is 2.48 bits per heavy atom. The monoisotopic (exact) mass is 314 g/mol. The van der Waals surface area contributed by atoms with E-state index in [0.29, 0.717) is 0 Å². The van der Waals surface area contributed by atoms with Gasteiger partial charge in [0.2, 0.25) is 0 Å². The SMILES string of the molecule is CCN(CC)c1ccc(N/C=C(/C#N)C(=O)NC(C)C)c(C)c1. The molecule has 1 aromatic carbocycles. The van der Waals surface area contributed by atoms with E-state index in [0.717, 1.165) is 24.3 Å². The molecule has 0 unspecified atom stereocenters. The van der Waals surface area contributed by atoms with E-state index >= 15 is 0 Å². The number of amides is 1. The van der Waals surface area contributed by atoms with E-state index in [1.165, 1.54) is 11.9 Å². The first-order chi connectivity index (χ1) is 10.9. The van der Waals surface area contributed by atoms with Gasteiger partial charge in [-0.1, -0.05) is 0 Å². The lowest BCUT2D eigenvalue weighted by Gasteiger charge is -2.22. The molecular weight excluding hydrogens is 288 g/mol. The number of carbonyl (C=O) groups excluding carboxylic acids is 1. The summed E-state index contributed by atoms with van der Waals surface area (Å²) < 4.78 is 0. The first-order valence-electron chi connectivity index (χ1n) is 7.96. The van der Waals surface area contributed by atoms with Crippen LogP contribution in [-0.4, -0.2) is 25.0 Å². The van der Waals surface area contributed by atoms with Crippen LogP contribution in [0.4, 0.5) is 11.4 Å². The van der Waals surface area contributed by atoms with Gasteiger partial charge >= 0.3 is 0 Å². The van der Waals surface area contributed by atoms with Crippen LogP contribution in [0.5, 0.6) is 0 Å². The molecule has 23 heavy (non-hydrogen) atoms. The van der Waals surface area contributed by atoms with Gasteiger partial charge in [-0.15, -0.1) is 0 Å². The van der Waals surface area contributed by atoms with Gasteiger partial charge in [-0.05, 0) is 58.4 Å². The first kappa shape index (κ1) is 18.6. The quantitative estimate of drug-likeness (QED) is 0.599. The molecule has 0 aliphatic heterocycles. The minimum atomic E-state index is -0.368. The maximum absolute atomic E-state index is 11.9. The summed E-state index contributed by atoms with van der Waals surface area (Å²) in [5.74, 6) is -0.368. The molecule has 5 heteroatoms. The number of nitrogens with one attached hydrogen (secondary N) is 2. The van der Waals surface area contributed by atoms with E-state index < -0.39 is 0 Å². The molecule has 5 nitrogen and oxygen atoms in total. The van der Waals surface area contributed by atoms with E-state index in [2.05, 4.69) is 35.4 Å². The smallest absolute Gasteiger partial charge is 0.263 e. The number of rotatable bonds is 7. The highest BCUT2D eigenvalue weighted by atomic mass is 16.1. The Balaban J connectivity index is 2.90. The molecule has 124 valence electrons. The lowest BCUT2D eigenvalue weighted by atomic mass is 10.1. The molecule has 0 fully saturated rings. The van der Waals surface area contributed by atoms with Crippen LogP contribution in [0.15, 0.2) is 30.0 Å². The van der Waals surface area contributed by atoms with E-state index in [-0.39, 0.29) is 17.5 Å². The van der Waals surface area contributed by atoms with Gasteiger partial charge in [0.05, 0.1) is 0 Å². The number of nitriles is 1. The summed E-state index contributed by atoms with van der Waals surface area (Å²) in [6.07, 6.45) is 1.46. The standard InChI is InChI=1S/C18H26N4O/c1-6-22(7-2)16-8-9-17(14(5)10-16)20-12-15(11-19)18(23)21-13(3)4/h8-10,12-13,20H,6-7H2,1-5H3,(H,21,23)/b15-12-. The molecule has 2 N–H and O–H groups in total. The topological polar surface area (TPSA) is 68.2 Å². The maximum atomic E-state index is 11.9. The third-order valence-electron chi connectivity index (χ3n) is 3.50. The molecule has 0 saturated carbocycles. The van der Waals surface area contributed by atoms with Crippen molar-refractivity contribution in [1.29, 1.82) is 5.26 Å². The minimum absolute atomic E-state index is 0.00524. The van der Waals surface area contributed by atoms with Crippen LogP contribution in [0, 0.1) is 18.3 Å². The summed E-state index contributed by atoms with van der Waals surface area (Å²) in [6.45, 7) is 11.9. The second kappa shape index (κ2) is 8.84. The van der Waals surface area contributed by atoms with Gasteiger partial charge in [0.15, 0.2) is 0 Å². The summed E-state index contributed by atoms with van der Waals surface area (Å²) in [5.41, 5.74) is 3.17. The molecule has 0 aliphatic rings. The average Bonchev–Trinajstić information content (AvgIpc) is 2.50. The summed E-state index contributed by atoms with van der Waals surface area (Å²) in [4.78, 5) is 14.1. The predicted molar refractivity (Wildman–Crippen MR) is 95.3 cm³/mol. The van der Waals surface area contributed by atoms with E-state index in [4.69, 9.17) is 5.26 Å². The Bertz CT molecular complexity index is 610. The van der Waals surface area contributed by atoms with Crippen molar-refractivity contribution in [3.05, 3.63) is 35.5 Å². The molecule has 1 rings (SSSR count). The molecule has 0 aromatic heterocycles. The van der Waals surface area contributed by atoms with Crippen LogP contribution in [0.1, 0.15) is 33.3 Å². The highest BCUT2D eigenvalue weighted by Gasteiger charge is 2.10. The Labute approximate surface area is 139 Å². The van der Waals surface area contributed by atoms with Crippen LogP contribution in [-0.2, 0) is 4.79 Å². The van der Waals surface area contributed by atoms with Crippen molar-refractivity contribution in [2.24, 2.45) is 0 Å². The van der Waals surface area contributed by atoms with Gasteiger partial charge < -0.3 is 15.5 Å². The van der Waals surface area contributed by atoms with E-state index in [9.17, 15) is 4.79 Å². The van der Waals surface area contributed by atoms with Crippen LogP contribution in [0.25, 0.3) is 0 Å². The number of benzene rings is 1. The molecule has 0 radical (unpaired) electrons. The van der Waals surface area contributed by atoms with Gasteiger partial charge in [-0.3, -0.25) is 4.79 Å². The van der Waals surface area contributed by atoms with Crippen LogP contribution >= 0.6 is 0 Å². The zero-order chi connectivity index (χ0) is 17.4. The van der Waals surface area contributed by atoms with Gasteiger partial charge in [-0.25, -0.2) is 0 Å². The van der Waals surface area contributed by atoms with E-state index in [1.807, 2.05) is 39.0 Å². The lowest BCUT2D eigenvalue weighted by molar-refractivity contribution is -0.117. The van der Waals surface area contributed by atoms with Crippen molar-refractivity contribution in [3.8, 4) is 6.07 Å². The second-order valence-electron chi connectivity index (χ2n) is 5.61. The number of anilines is 2. The van der Waals surface area contributed by atoms with Crippen molar-refractivity contribution in [3.63, 3.8) is 0 Å². The molecule has 0 aliphatic carbocycles. The molecule has 0 saturated heterocycles. The summed E-state index contributed by atoms with van der Waals surface area (Å²) >= 11 is 0. The maximum Gasteiger partial charge on any atom is 0.263 e. The zero-order valence-electron chi connectivity index (χ0n) is 14.6. The number of aryl methyl sites for hydroxylation is 1. The van der Waals surface area contributed by atoms with Gasteiger partial charge in [-0.2, -0.15) is 5.26 Å². The van der Waals surface area contributed by atoms with Crippen molar-refractivity contribution in [2.75, 3.05) is 23.3 Å². The van der Waals surface area contributed by atoms with Crippen molar-refractivity contribution in [2.45, 2.75) is 40.7 Å². The number of hydrogen-bond donors (Lipinski definition) is 2. The minimum Gasteiger partial charge on any atom is -0.372 e. The predicted octanol–water partition coefficient (Wildman–Crippen LogP) is 3.19. The molecule has 0 atom stereocenters. The fraction of sp³-hybridized carbons (Fsp3) is 0.444. The van der Waals surface area contributed by atoms with Crippen molar-refractivity contribution in [1.82, 2.24) is 5.32 Å². The van der Waals surface area contributed by atoms with Crippen LogP contribution < -0.4 is 15.5 Å². The molecule has 0 spiro atoms. The molecule has 1 aromatic rings. The van der Waals surface area contributed by atoms with Crippen molar-refractivity contribution >= 4 is 17.3 Å². The summed E-state index contributed by atoms with van der Waals surface area (Å²) in [5, 5.41) is 14.9. The fourth-order valence-electron chi connectivity index (χ4n) is 2.23. The van der Waals surface area contributed by atoms with Gasteiger partial charge in [0.25, 0.3) is 5.91 Å². The highest BCUT2D eigenvalue weighted by Crippen LogP contribution is 2.22. The Kier molecular flexibility index (Phi) is 7.14.